The van der Waals surface area contributed by atoms with Gasteiger partial charge in [-0.3, -0.25) is 9.52 Å². The fourth-order valence-electron chi connectivity index (χ4n) is 3.39. The van der Waals surface area contributed by atoms with Crippen LogP contribution in [0.3, 0.4) is 0 Å². The second-order valence-electron chi connectivity index (χ2n) is 7.71. The molecular weight excluding hydrogens is 480 g/mol. The molecule has 0 aliphatic heterocycles. The number of nitrogens with zero attached hydrogens (tertiary/aromatic N) is 2. The van der Waals surface area contributed by atoms with Gasteiger partial charge in [0.15, 0.2) is 0 Å². The minimum Gasteiger partial charge on any atom is -0.351 e. The summed E-state index contributed by atoms with van der Waals surface area (Å²) in [5.41, 5.74) is 3.08. The lowest BCUT2D eigenvalue weighted by atomic mass is 10.0. The number of benzene rings is 3. The molecule has 10 heteroatoms. The normalized spacial score (nSPS) is 12.5. The van der Waals surface area contributed by atoms with Crippen molar-refractivity contribution in [2.45, 2.75) is 24.7 Å². The first-order valence-electron chi connectivity index (χ1n) is 10.1. The molecule has 4 aromatic rings. The number of anilines is 1. The molecule has 2 N–H and O–H groups in total. The van der Waals surface area contributed by atoms with Gasteiger partial charge < -0.3 is 5.32 Å². The number of carbonyl (C=O) groups is 1. The minimum atomic E-state index is -4.00. The third kappa shape index (κ3) is 5.16. The molecule has 0 saturated carbocycles. The van der Waals surface area contributed by atoms with Crippen LogP contribution in [0.1, 0.15) is 34.3 Å². The van der Waals surface area contributed by atoms with Crippen molar-refractivity contribution in [2.24, 2.45) is 0 Å². The van der Waals surface area contributed by atoms with Gasteiger partial charge in [-0.15, -0.1) is 0 Å². The lowest BCUT2D eigenvalue weighted by molar-refractivity contribution is 0.0952. The van der Waals surface area contributed by atoms with Crippen molar-refractivity contribution in [1.29, 1.82) is 0 Å². The molecule has 0 fully saturated rings. The van der Waals surface area contributed by atoms with Gasteiger partial charge in [-0.2, -0.15) is 8.75 Å². The molecule has 33 heavy (non-hydrogen) atoms. The maximum absolute atomic E-state index is 13.2. The van der Waals surface area contributed by atoms with Crippen molar-refractivity contribution in [3.63, 3.8) is 0 Å². The molecule has 0 aliphatic rings. The van der Waals surface area contributed by atoms with E-state index in [9.17, 15) is 13.2 Å². The summed E-state index contributed by atoms with van der Waals surface area (Å²) in [6.45, 7) is 4.20. The molecule has 1 atom stereocenters. The van der Waals surface area contributed by atoms with E-state index in [4.69, 9.17) is 11.6 Å². The third-order valence-corrected chi connectivity index (χ3v) is 7.40. The van der Waals surface area contributed by atoms with E-state index in [0.717, 1.165) is 22.9 Å². The highest BCUT2D eigenvalue weighted by Gasteiger charge is 2.23. The van der Waals surface area contributed by atoms with E-state index in [1.165, 1.54) is 6.07 Å². The number of rotatable bonds is 7. The van der Waals surface area contributed by atoms with Crippen LogP contribution in [0.2, 0.25) is 5.02 Å². The maximum Gasteiger partial charge on any atom is 0.264 e. The van der Waals surface area contributed by atoms with E-state index in [2.05, 4.69) is 18.8 Å². The molecule has 1 amide bonds. The van der Waals surface area contributed by atoms with Crippen LogP contribution >= 0.6 is 23.3 Å². The number of hydrogen-bond acceptors (Lipinski definition) is 6. The number of halogens is 1. The van der Waals surface area contributed by atoms with Gasteiger partial charge in [0.2, 0.25) is 0 Å². The topological polar surface area (TPSA) is 101 Å². The molecule has 4 rings (SSSR count). The predicted octanol–water partition coefficient (Wildman–Crippen LogP) is 4.99. The van der Waals surface area contributed by atoms with Crippen molar-refractivity contribution in [3.05, 3.63) is 82.4 Å². The number of aromatic nitrogens is 2. The Bertz CT molecular complexity index is 1420. The summed E-state index contributed by atoms with van der Waals surface area (Å²) >= 11 is 6.89. The first-order chi connectivity index (χ1) is 15.7. The predicted molar refractivity (Wildman–Crippen MR) is 132 cm³/mol. The van der Waals surface area contributed by atoms with E-state index in [0.29, 0.717) is 22.6 Å². The highest BCUT2D eigenvalue weighted by molar-refractivity contribution is 7.93. The van der Waals surface area contributed by atoms with Gasteiger partial charge >= 0.3 is 0 Å². The lowest BCUT2D eigenvalue weighted by Gasteiger charge is -2.16. The molecule has 0 aliphatic carbocycles. The van der Waals surface area contributed by atoms with Gasteiger partial charge in [0, 0.05) is 11.6 Å². The zero-order valence-corrected chi connectivity index (χ0v) is 20.3. The summed E-state index contributed by atoms with van der Waals surface area (Å²) in [6.07, 6.45) is 0. The van der Waals surface area contributed by atoms with E-state index in [1.807, 2.05) is 26.0 Å². The number of fused-ring (bicyclic) bond motifs is 1. The average Bonchev–Trinajstić information content (AvgIpc) is 3.26. The summed E-state index contributed by atoms with van der Waals surface area (Å²) in [5, 5.41) is 3.54. The first kappa shape index (κ1) is 23.2. The van der Waals surface area contributed by atoms with Crippen molar-refractivity contribution in [1.82, 2.24) is 14.1 Å². The van der Waals surface area contributed by atoms with Crippen LogP contribution in [0.15, 0.2) is 65.6 Å². The number of sulfonamides is 1. The standard InChI is InChI=1S/C23H21ClN4O3S2/c1-14-6-11-18(23(29)25-13-15(2)16-7-9-17(24)10-8-16)20(12-14)28-33(30,31)21-5-3-4-19-22(21)27-32-26-19/h3-12,15,28H,13H2,1-2H3,(H,25,29). The van der Waals surface area contributed by atoms with Crippen LogP contribution in [0.4, 0.5) is 5.69 Å². The Hall–Kier alpha value is -3.01. The fourth-order valence-corrected chi connectivity index (χ4v) is 5.35. The second-order valence-corrected chi connectivity index (χ2v) is 10.3. The van der Waals surface area contributed by atoms with Crippen LogP contribution in [0.25, 0.3) is 11.0 Å². The van der Waals surface area contributed by atoms with Crippen LogP contribution < -0.4 is 10.0 Å². The molecule has 1 heterocycles. The molecule has 0 radical (unpaired) electrons. The van der Waals surface area contributed by atoms with Gasteiger partial charge in [0.1, 0.15) is 15.9 Å². The number of carbonyl (C=O) groups excluding carboxylic acids is 1. The Morgan fingerprint density at radius 2 is 1.85 bits per heavy atom. The fraction of sp³-hybridized carbons (Fsp3) is 0.174. The number of amides is 1. The Labute approximate surface area is 201 Å². The van der Waals surface area contributed by atoms with Crippen LogP contribution in [-0.4, -0.2) is 29.6 Å². The SMILES string of the molecule is Cc1ccc(C(=O)NCC(C)c2ccc(Cl)cc2)c(NS(=O)(=O)c2cccc3nsnc23)c1. The molecule has 0 spiro atoms. The Morgan fingerprint density at radius 1 is 1.09 bits per heavy atom. The quantitative estimate of drug-likeness (QED) is 0.372. The van der Waals surface area contributed by atoms with E-state index in [1.54, 1.807) is 42.5 Å². The van der Waals surface area contributed by atoms with Crippen LogP contribution in [0.5, 0.6) is 0 Å². The molecule has 0 saturated heterocycles. The van der Waals surface area contributed by atoms with Gasteiger partial charge in [-0.1, -0.05) is 42.8 Å². The molecule has 170 valence electrons. The zero-order valence-electron chi connectivity index (χ0n) is 17.9. The zero-order chi connectivity index (χ0) is 23.6. The van der Waals surface area contributed by atoms with Gasteiger partial charge in [0.25, 0.3) is 15.9 Å². The lowest BCUT2D eigenvalue weighted by Crippen LogP contribution is -2.28. The van der Waals surface area contributed by atoms with E-state index >= 15 is 0 Å². The van der Waals surface area contributed by atoms with Crippen LogP contribution in [0, 0.1) is 6.92 Å². The van der Waals surface area contributed by atoms with Crippen molar-refractivity contribution in [3.8, 4) is 0 Å². The Morgan fingerprint density at radius 3 is 2.61 bits per heavy atom. The van der Waals surface area contributed by atoms with Gasteiger partial charge in [-0.05, 0) is 60.4 Å². The van der Waals surface area contributed by atoms with Crippen molar-refractivity contribution < 1.29 is 13.2 Å². The Kier molecular flexibility index (Phi) is 6.64. The molecule has 1 unspecified atom stereocenters. The number of nitrogens with one attached hydrogen (secondary N) is 2. The monoisotopic (exact) mass is 500 g/mol. The summed E-state index contributed by atoms with van der Waals surface area (Å²) in [4.78, 5) is 13.0. The number of hydrogen-bond donors (Lipinski definition) is 2. The van der Waals surface area contributed by atoms with Crippen molar-refractivity contribution >= 4 is 56.0 Å². The summed E-state index contributed by atoms with van der Waals surface area (Å²) in [5.74, 6) is -0.325. The smallest absolute Gasteiger partial charge is 0.264 e. The summed E-state index contributed by atoms with van der Waals surface area (Å²) in [6, 6.07) is 17.2. The van der Waals surface area contributed by atoms with Crippen LogP contribution in [-0.2, 0) is 10.0 Å². The first-order valence-corrected chi connectivity index (χ1v) is 12.7. The van der Waals surface area contributed by atoms with E-state index in [-0.39, 0.29) is 28.0 Å². The molecule has 1 aromatic heterocycles. The van der Waals surface area contributed by atoms with Gasteiger partial charge in [0.05, 0.1) is 23.0 Å². The number of aryl methyl sites for hydroxylation is 1. The molecule has 0 bridgehead atoms. The molecule has 3 aromatic carbocycles. The van der Waals surface area contributed by atoms with E-state index < -0.39 is 10.0 Å². The summed E-state index contributed by atoms with van der Waals surface area (Å²) < 4.78 is 37.1. The second kappa shape index (κ2) is 9.46. The third-order valence-electron chi connectivity index (χ3n) is 5.21. The van der Waals surface area contributed by atoms with Gasteiger partial charge in [-0.25, -0.2) is 8.42 Å². The molecule has 7 nitrogen and oxygen atoms in total. The highest BCUT2D eigenvalue weighted by Crippen LogP contribution is 2.26. The van der Waals surface area contributed by atoms with Crippen molar-refractivity contribution in [2.75, 3.05) is 11.3 Å². The molecular formula is C23H21ClN4O3S2. The minimum absolute atomic E-state index is 0.0120. The average molecular weight is 501 g/mol. The summed E-state index contributed by atoms with van der Waals surface area (Å²) in [7, 11) is -4.00. The Balaban J connectivity index is 1.56. The highest BCUT2D eigenvalue weighted by atomic mass is 35.5. The largest absolute Gasteiger partial charge is 0.351 e. The maximum atomic E-state index is 13.2.